The van der Waals surface area contributed by atoms with Crippen molar-refractivity contribution in [3.63, 3.8) is 0 Å². The molecule has 0 radical (unpaired) electrons. The first kappa shape index (κ1) is 18.4. The number of carbonyl (C=O) groups excluding carboxylic acids is 1. The molecule has 27 heavy (non-hydrogen) atoms. The van der Waals surface area contributed by atoms with Gasteiger partial charge in [0.2, 0.25) is 0 Å². The van der Waals surface area contributed by atoms with Crippen molar-refractivity contribution in [2.24, 2.45) is 0 Å². The van der Waals surface area contributed by atoms with Gasteiger partial charge in [-0.2, -0.15) is 0 Å². The largest absolute Gasteiger partial charge is 0.465 e. The third kappa shape index (κ3) is 4.82. The molecule has 0 aliphatic rings. The quantitative estimate of drug-likeness (QED) is 0.629. The van der Waals surface area contributed by atoms with Crippen molar-refractivity contribution in [2.45, 2.75) is 19.9 Å². The van der Waals surface area contributed by atoms with Crippen LogP contribution in [-0.4, -0.2) is 23.0 Å². The number of benzene rings is 2. The molecule has 3 rings (SSSR count). The Morgan fingerprint density at radius 2 is 1.67 bits per heavy atom. The molecular weight excluding hydrogens is 340 g/mol. The van der Waals surface area contributed by atoms with Gasteiger partial charge in [0.1, 0.15) is 17.5 Å². The molecule has 0 aliphatic carbocycles. The highest BCUT2D eigenvalue weighted by molar-refractivity contribution is 5.89. The van der Waals surface area contributed by atoms with Crippen LogP contribution in [0.4, 0.5) is 17.3 Å². The van der Waals surface area contributed by atoms with E-state index in [0.717, 1.165) is 11.5 Å². The average molecular weight is 362 g/mol. The van der Waals surface area contributed by atoms with Crippen LogP contribution in [0, 0.1) is 6.92 Å². The summed E-state index contributed by atoms with van der Waals surface area (Å²) in [6.07, 6.45) is 0. The van der Waals surface area contributed by atoms with Gasteiger partial charge in [0, 0.05) is 17.8 Å². The Labute approximate surface area is 158 Å². The number of esters is 1. The zero-order chi connectivity index (χ0) is 19.2. The summed E-state index contributed by atoms with van der Waals surface area (Å²) in [6.45, 7) is 3.94. The maximum absolute atomic E-state index is 11.5. The fraction of sp³-hybridized carbons (Fsp3) is 0.190. The summed E-state index contributed by atoms with van der Waals surface area (Å²) in [5.74, 6) is 1.72. The molecule has 0 saturated heterocycles. The number of methoxy groups -OCH3 is 1. The molecule has 138 valence electrons. The van der Waals surface area contributed by atoms with Crippen molar-refractivity contribution in [2.75, 3.05) is 17.7 Å². The molecule has 1 aromatic heterocycles. The van der Waals surface area contributed by atoms with Gasteiger partial charge in [-0.25, -0.2) is 14.8 Å². The number of hydrogen-bond acceptors (Lipinski definition) is 6. The molecule has 2 N–H and O–H groups in total. The van der Waals surface area contributed by atoms with E-state index in [-0.39, 0.29) is 12.0 Å². The first-order valence-corrected chi connectivity index (χ1v) is 8.68. The van der Waals surface area contributed by atoms with Crippen molar-refractivity contribution < 1.29 is 9.53 Å². The monoisotopic (exact) mass is 362 g/mol. The Morgan fingerprint density at radius 3 is 2.33 bits per heavy atom. The molecule has 1 heterocycles. The summed E-state index contributed by atoms with van der Waals surface area (Å²) in [6, 6.07) is 19.2. The number of nitrogens with one attached hydrogen (secondary N) is 2. The molecule has 1 unspecified atom stereocenters. The van der Waals surface area contributed by atoms with Gasteiger partial charge in [-0.15, -0.1) is 0 Å². The fourth-order valence-corrected chi connectivity index (χ4v) is 2.71. The van der Waals surface area contributed by atoms with Gasteiger partial charge in [-0.3, -0.25) is 0 Å². The third-order valence-corrected chi connectivity index (χ3v) is 4.08. The lowest BCUT2D eigenvalue weighted by atomic mass is 10.1. The third-order valence-electron chi connectivity index (χ3n) is 4.08. The molecular formula is C21H22N4O2. The molecule has 0 spiro atoms. The highest BCUT2D eigenvalue weighted by atomic mass is 16.5. The second-order valence-corrected chi connectivity index (χ2v) is 6.16. The number of nitrogens with zero attached hydrogens (tertiary/aromatic N) is 2. The maximum Gasteiger partial charge on any atom is 0.337 e. The van der Waals surface area contributed by atoms with Crippen molar-refractivity contribution in [1.82, 2.24) is 9.97 Å². The van der Waals surface area contributed by atoms with Crippen LogP contribution in [-0.2, 0) is 4.74 Å². The molecule has 0 aliphatic heterocycles. The summed E-state index contributed by atoms with van der Waals surface area (Å²) >= 11 is 0. The lowest BCUT2D eigenvalue weighted by Crippen LogP contribution is -2.09. The van der Waals surface area contributed by atoms with E-state index in [1.807, 2.05) is 43.3 Å². The minimum absolute atomic E-state index is 0.118. The van der Waals surface area contributed by atoms with Gasteiger partial charge >= 0.3 is 5.97 Å². The van der Waals surface area contributed by atoms with Crippen LogP contribution in [0.5, 0.6) is 0 Å². The van der Waals surface area contributed by atoms with Gasteiger partial charge in [-0.05, 0) is 43.7 Å². The molecule has 3 aromatic rings. The van der Waals surface area contributed by atoms with Gasteiger partial charge in [0.15, 0.2) is 0 Å². The maximum atomic E-state index is 11.5. The highest BCUT2D eigenvalue weighted by Gasteiger charge is 2.09. The van der Waals surface area contributed by atoms with E-state index in [9.17, 15) is 4.79 Å². The number of rotatable bonds is 6. The van der Waals surface area contributed by atoms with E-state index in [2.05, 4.69) is 39.7 Å². The van der Waals surface area contributed by atoms with Crippen LogP contribution in [0.3, 0.4) is 0 Å². The second-order valence-electron chi connectivity index (χ2n) is 6.16. The van der Waals surface area contributed by atoms with Crippen LogP contribution >= 0.6 is 0 Å². The number of ether oxygens (including phenoxy) is 1. The zero-order valence-electron chi connectivity index (χ0n) is 15.6. The summed E-state index contributed by atoms with van der Waals surface area (Å²) < 4.78 is 4.71. The van der Waals surface area contributed by atoms with Crippen LogP contribution < -0.4 is 10.6 Å². The fourth-order valence-electron chi connectivity index (χ4n) is 2.71. The first-order chi connectivity index (χ1) is 13.0. The van der Waals surface area contributed by atoms with Crippen molar-refractivity contribution >= 4 is 23.3 Å². The highest BCUT2D eigenvalue weighted by Crippen LogP contribution is 2.22. The van der Waals surface area contributed by atoms with E-state index in [4.69, 9.17) is 4.74 Å². The molecule has 0 fully saturated rings. The standard InChI is InChI=1S/C21H22N4O2/c1-14(16-7-5-4-6-8-16)22-19-13-20(24-15(2)23-19)25-18-11-9-17(10-12-18)21(26)27-3/h4-14H,1-3H3,(H2,22,23,24,25). The Hall–Kier alpha value is -3.41. The molecule has 0 amide bonds. The molecule has 2 aromatic carbocycles. The van der Waals surface area contributed by atoms with E-state index in [1.165, 1.54) is 12.7 Å². The van der Waals surface area contributed by atoms with Crippen LogP contribution in [0.15, 0.2) is 60.7 Å². The Balaban J connectivity index is 1.74. The zero-order valence-corrected chi connectivity index (χ0v) is 15.6. The van der Waals surface area contributed by atoms with Crippen molar-refractivity contribution in [3.8, 4) is 0 Å². The average Bonchev–Trinajstić information content (AvgIpc) is 2.68. The summed E-state index contributed by atoms with van der Waals surface area (Å²) in [4.78, 5) is 20.4. The molecule has 6 heteroatoms. The minimum Gasteiger partial charge on any atom is -0.465 e. The number of carbonyl (C=O) groups is 1. The molecule has 0 saturated carbocycles. The lowest BCUT2D eigenvalue weighted by Gasteiger charge is -2.16. The molecule has 6 nitrogen and oxygen atoms in total. The van der Waals surface area contributed by atoms with E-state index in [0.29, 0.717) is 17.2 Å². The van der Waals surface area contributed by atoms with E-state index in [1.54, 1.807) is 12.1 Å². The predicted octanol–water partition coefficient (Wildman–Crippen LogP) is 4.49. The van der Waals surface area contributed by atoms with Gasteiger partial charge in [0.05, 0.1) is 12.7 Å². The topological polar surface area (TPSA) is 76.1 Å². The number of anilines is 3. The SMILES string of the molecule is COC(=O)c1ccc(Nc2cc(NC(C)c3ccccc3)nc(C)n2)cc1. The number of hydrogen-bond donors (Lipinski definition) is 2. The van der Waals surface area contributed by atoms with Gasteiger partial charge in [0.25, 0.3) is 0 Å². The summed E-state index contributed by atoms with van der Waals surface area (Å²) in [5, 5.41) is 6.64. The van der Waals surface area contributed by atoms with Gasteiger partial charge < -0.3 is 15.4 Å². The van der Waals surface area contributed by atoms with Crippen molar-refractivity contribution in [1.29, 1.82) is 0 Å². The Kier molecular flexibility index (Phi) is 5.66. The normalized spacial score (nSPS) is 11.5. The first-order valence-electron chi connectivity index (χ1n) is 8.68. The Morgan fingerprint density at radius 1 is 1.00 bits per heavy atom. The summed E-state index contributed by atoms with van der Waals surface area (Å²) in [5.41, 5.74) is 2.51. The second kappa shape index (κ2) is 8.31. The molecule has 1 atom stereocenters. The smallest absolute Gasteiger partial charge is 0.337 e. The van der Waals surface area contributed by atoms with Crippen LogP contribution in [0.25, 0.3) is 0 Å². The van der Waals surface area contributed by atoms with Crippen molar-refractivity contribution in [3.05, 3.63) is 77.6 Å². The predicted molar refractivity (Wildman–Crippen MR) is 106 cm³/mol. The number of aryl methyl sites for hydroxylation is 1. The van der Waals surface area contributed by atoms with Gasteiger partial charge in [-0.1, -0.05) is 30.3 Å². The molecule has 0 bridgehead atoms. The van der Waals surface area contributed by atoms with Crippen LogP contribution in [0.2, 0.25) is 0 Å². The lowest BCUT2D eigenvalue weighted by molar-refractivity contribution is 0.0601. The van der Waals surface area contributed by atoms with E-state index < -0.39 is 0 Å². The summed E-state index contributed by atoms with van der Waals surface area (Å²) in [7, 11) is 1.36. The van der Waals surface area contributed by atoms with Crippen LogP contribution in [0.1, 0.15) is 34.7 Å². The number of aromatic nitrogens is 2. The Bertz CT molecular complexity index is 911. The van der Waals surface area contributed by atoms with E-state index >= 15 is 0 Å². The minimum atomic E-state index is -0.360.